The van der Waals surface area contributed by atoms with Gasteiger partial charge in [0.25, 0.3) is 0 Å². The number of aromatic nitrogens is 2. The van der Waals surface area contributed by atoms with Gasteiger partial charge >= 0.3 is 0 Å². The largest absolute Gasteiger partial charge is 0.316 e. The molecule has 138 valence electrons. The highest BCUT2D eigenvalue weighted by molar-refractivity contribution is 5.79. The fourth-order valence-corrected chi connectivity index (χ4v) is 3.95. The van der Waals surface area contributed by atoms with Crippen LogP contribution in [0, 0.1) is 5.41 Å². The van der Waals surface area contributed by atoms with E-state index < -0.39 is 0 Å². The first kappa shape index (κ1) is 18.7. The van der Waals surface area contributed by atoms with E-state index in [9.17, 15) is 0 Å². The molecule has 0 aliphatic rings. The Hall–Kier alpha value is -2.13. The minimum Gasteiger partial charge on any atom is -0.316 e. The summed E-state index contributed by atoms with van der Waals surface area (Å²) in [6.45, 7) is 13.2. The predicted molar refractivity (Wildman–Crippen MR) is 111 cm³/mol. The van der Waals surface area contributed by atoms with Crippen LogP contribution in [-0.2, 0) is 0 Å². The third-order valence-corrected chi connectivity index (χ3v) is 5.19. The zero-order valence-corrected chi connectivity index (χ0v) is 16.7. The standard InChI is InChI=1S/C23H31N3/c1-6-24-16-23(4,5)22(18-10-8-7-9-11-18)19-12-13-21-20(14-19)15-25-26(21)17(2)3/h7-15,17,22,24H,6,16H2,1-5H3/t22-/m0/s1. The number of hydrogen-bond acceptors (Lipinski definition) is 2. The second-order valence-corrected chi connectivity index (χ2v) is 8.11. The van der Waals surface area contributed by atoms with Crippen LogP contribution in [0.3, 0.4) is 0 Å². The summed E-state index contributed by atoms with van der Waals surface area (Å²) in [6, 6.07) is 18.1. The van der Waals surface area contributed by atoms with Crippen LogP contribution in [0.2, 0.25) is 0 Å². The van der Waals surface area contributed by atoms with E-state index in [2.05, 4.69) is 98.2 Å². The predicted octanol–water partition coefficient (Wildman–Crippen LogP) is 5.38. The van der Waals surface area contributed by atoms with Gasteiger partial charge in [-0.15, -0.1) is 0 Å². The Morgan fingerprint density at radius 2 is 1.77 bits per heavy atom. The molecule has 0 bridgehead atoms. The molecule has 0 saturated heterocycles. The van der Waals surface area contributed by atoms with Gasteiger partial charge in [-0.3, -0.25) is 4.68 Å². The number of fused-ring (bicyclic) bond motifs is 1. The van der Waals surface area contributed by atoms with E-state index in [4.69, 9.17) is 0 Å². The molecule has 3 rings (SSSR count). The molecule has 3 nitrogen and oxygen atoms in total. The normalized spacial score (nSPS) is 13.5. The Morgan fingerprint density at radius 3 is 2.42 bits per heavy atom. The Kier molecular flexibility index (Phi) is 5.47. The van der Waals surface area contributed by atoms with Crippen LogP contribution in [-0.4, -0.2) is 22.9 Å². The summed E-state index contributed by atoms with van der Waals surface area (Å²) in [5.74, 6) is 0.328. The zero-order chi connectivity index (χ0) is 18.7. The maximum atomic E-state index is 4.58. The van der Waals surface area contributed by atoms with Crippen molar-refractivity contribution in [3.8, 4) is 0 Å². The lowest BCUT2D eigenvalue weighted by atomic mass is 9.71. The molecule has 0 aliphatic carbocycles. The maximum Gasteiger partial charge on any atom is 0.0685 e. The van der Waals surface area contributed by atoms with Crippen LogP contribution >= 0.6 is 0 Å². The molecule has 0 spiro atoms. The van der Waals surface area contributed by atoms with Crippen LogP contribution in [0.4, 0.5) is 0 Å². The van der Waals surface area contributed by atoms with E-state index >= 15 is 0 Å². The third kappa shape index (κ3) is 3.68. The van der Waals surface area contributed by atoms with Gasteiger partial charge in [-0.05, 0) is 49.1 Å². The molecule has 1 aromatic heterocycles. The van der Waals surface area contributed by atoms with Crippen molar-refractivity contribution < 1.29 is 0 Å². The highest BCUT2D eigenvalue weighted by Crippen LogP contribution is 2.41. The molecule has 0 saturated carbocycles. The minimum absolute atomic E-state index is 0.0963. The Morgan fingerprint density at radius 1 is 1.04 bits per heavy atom. The summed E-state index contributed by atoms with van der Waals surface area (Å²) in [7, 11) is 0. The van der Waals surface area contributed by atoms with Crippen LogP contribution in [0.1, 0.15) is 57.7 Å². The average molecular weight is 350 g/mol. The highest BCUT2D eigenvalue weighted by Gasteiger charge is 2.32. The van der Waals surface area contributed by atoms with E-state index in [1.54, 1.807) is 0 Å². The first-order chi connectivity index (χ1) is 12.4. The van der Waals surface area contributed by atoms with Gasteiger partial charge in [0.2, 0.25) is 0 Å². The van der Waals surface area contributed by atoms with Gasteiger partial charge in [0, 0.05) is 23.9 Å². The summed E-state index contributed by atoms with van der Waals surface area (Å²) in [4.78, 5) is 0. The molecular formula is C23H31N3. The fraction of sp³-hybridized carbons (Fsp3) is 0.435. The van der Waals surface area contributed by atoms with Crippen LogP contribution in [0.5, 0.6) is 0 Å². The van der Waals surface area contributed by atoms with E-state index in [-0.39, 0.29) is 5.41 Å². The topological polar surface area (TPSA) is 29.9 Å². The van der Waals surface area contributed by atoms with Crippen LogP contribution in [0.25, 0.3) is 10.9 Å². The molecule has 3 heteroatoms. The molecule has 1 atom stereocenters. The summed E-state index contributed by atoms with van der Waals surface area (Å²) in [5, 5.41) is 9.35. The number of hydrogen-bond donors (Lipinski definition) is 1. The third-order valence-electron chi connectivity index (χ3n) is 5.19. The summed E-state index contributed by atoms with van der Waals surface area (Å²) in [5.41, 5.74) is 4.03. The average Bonchev–Trinajstić information content (AvgIpc) is 3.04. The van der Waals surface area contributed by atoms with Crippen molar-refractivity contribution in [2.24, 2.45) is 5.41 Å². The molecule has 0 radical (unpaired) electrons. The number of benzene rings is 2. The van der Waals surface area contributed by atoms with Crippen molar-refractivity contribution in [3.63, 3.8) is 0 Å². The first-order valence-corrected chi connectivity index (χ1v) is 9.67. The minimum atomic E-state index is 0.0963. The molecule has 0 fully saturated rings. The molecule has 2 aromatic carbocycles. The molecule has 3 aromatic rings. The molecular weight excluding hydrogens is 318 g/mol. The number of nitrogens with zero attached hydrogens (tertiary/aromatic N) is 2. The molecule has 0 amide bonds. The zero-order valence-electron chi connectivity index (χ0n) is 16.7. The van der Waals surface area contributed by atoms with Gasteiger partial charge in [0.05, 0.1) is 11.7 Å². The molecule has 0 unspecified atom stereocenters. The Balaban J connectivity index is 2.08. The quantitative estimate of drug-likeness (QED) is 0.620. The summed E-state index contributed by atoms with van der Waals surface area (Å²) < 4.78 is 2.10. The van der Waals surface area contributed by atoms with Gasteiger partial charge in [-0.1, -0.05) is 57.2 Å². The molecule has 26 heavy (non-hydrogen) atoms. The van der Waals surface area contributed by atoms with Crippen molar-refractivity contribution in [1.29, 1.82) is 0 Å². The molecule has 1 heterocycles. The van der Waals surface area contributed by atoms with E-state index in [0.29, 0.717) is 12.0 Å². The van der Waals surface area contributed by atoms with Crippen molar-refractivity contribution in [2.75, 3.05) is 13.1 Å². The van der Waals surface area contributed by atoms with Crippen molar-refractivity contribution in [1.82, 2.24) is 15.1 Å². The Labute approximate surface area is 157 Å². The van der Waals surface area contributed by atoms with E-state index in [1.807, 2.05) is 6.20 Å². The fourth-order valence-electron chi connectivity index (χ4n) is 3.95. The SMILES string of the molecule is CCNCC(C)(C)[C@@H](c1ccccc1)c1ccc2c(cnn2C(C)C)c1. The van der Waals surface area contributed by atoms with Gasteiger partial charge in [-0.2, -0.15) is 5.10 Å². The lowest BCUT2D eigenvalue weighted by Crippen LogP contribution is -2.35. The Bertz CT molecular complexity index is 846. The lowest BCUT2D eigenvalue weighted by Gasteiger charge is -2.35. The van der Waals surface area contributed by atoms with Gasteiger partial charge in [-0.25, -0.2) is 0 Å². The van der Waals surface area contributed by atoms with E-state index in [0.717, 1.165) is 13.1 Å². The second kappa shape index (κ2) is 7.63. The molecule has 1 N–H and O–H groups in total. The number of nitrogens with one attached hydrogen (secondary N) is 1. The van der Waals surface area contributed by atoms with E-state index in [1.165, 1.54) is 22.0 Å². The van der Waals surface area contributed by atoms with Gasteiger partial charge < -0.3 is 5.32 Å². The summed E-state index contributed by atoms with van der Waals surface area (Å²) in [6.07, 6.45) is 2.00. The monoisotopic (exact) mass is 349 g/mol. The van der Waals surface area contributed by atoms with Crippen molar-refractivity contribution in [2.45, 2.75) is 46.6 Å². The summed E-state index contributed by atoms with van der Waals surface area (Å²) >= 11 is 0. The maximum absolute atomic E-state index is 4.58. The highest BCUT2D eigenvalue weighted by atomic mass is 15.3. The lowest BCUT2D eigenvalue weighted by molar-refractivity contribution is 0.302. The van der Waals surface area contributed by atoms with Gasteiger partial charge in [0.15, 0.2) is 0 Å². The van der Waals surface area contributed by atoms with Crippen molar-refractivity contribution in [3.05, 3.63) is 65.9 Å². The van der Waals surface area contributed by atoms with Crippen molar-refractivity contribution >= 4 is 10.9 Å². The number of rotatable bonds is 7. The smallest absolute Gasteiger partial charge is 0.0685 e. The second-order valence-electron chi connectivity index (χ2n) is 8.11. The van der Waals surface area contributed by atoms with Crippen LogP contribution in [0.15, 0.2) is 54.7 Å². The molecule has 0 aliphatic heterocycles. The van der Waals surface area contributed by atoms with Crippen LogP contribution < -0.4 is 5.32 Å². The van der Waals surface area contributed by atoms with Gasteiger partial charge in [0.1, 0.15) is 0 Å². The first-order valence-electron chi connectivity index (χ1n) is 9.67.